The number of rotatable bonds is 3. The van der Waals surface area contributed by atoms with E-state index >= 15 is 0 Å². The topological polar surface area (TPSA) is 17.1 Å². The van der Waals surface area contributed by atoms with Gasteiger partial charge in [-0.25, -0.2) is 4.39 Å². The molecule has 0 saturated carbocycles. The third-order valence-corrected chi connectivity index (χ3v) is 3.79. The fourth-order valence-corrected chi connectivity index (χ4v) is 2.58. The maximum Gasteiger partial charge on any atom is 0.177 e. The largest absolute Gasteiger partial charge is 0.293 e. The van der Waals surface area contributed by atoms with Gasteiger partial charge in [0.2, 0.25) is 0 Å². The molecule has 0 atom stereocenters. The van der Waals surface area contributed by atoms with Gasteiger partial charge in [-0.1, -0.05) is 35.3 Å². The van der Waals surface area contributed by atoms with Gasteiger partial charge < -0.3 is 0 Å². The van der Waals surface area contributed by atoms with Crippen molar-refractivity contribution in [2.45, 2.75) is 6.42 Å². The minimum absolute atomic E-state index is 0.0107. The Morgan fingerprint density at radius 3 is 2.65 bits per heavy atom. The van der Waals surface area contributed by atoms with Gasteiger partial charge in [-0.2, -0.15) is 0 Å². The molecule has 2 rings (SSSR count). The zero-order valence-electron chi connectivity index (χ0n) is 8.54. The molecule has 2 aromatic rings. The van der Waals surface area contributed by atoms with Gasteiger partial charge in [0.05, 0.1) is 14.2 Å². The third-order valence-electron chi connectivity index (χ3n) is 2.23. The van der Waals surface area contributed by atoms with E-state index in [0.29, 0.717) is 14.8 Å². The van der Waals surface area contributed by atoms with E-state index in [4.69, 9.17) is 23.2 Å². The molecular formula is C12H7Cl2FOS. The van der Waals surface area contributed by atoms with E-state index in [2.05, 4.69) is 0 Å². The monoisotopic (exact) mass is 288 g/mol. The molecule has 0 fully saturated rings. The lowest BCUT2D eigenvalue weighted by atomic mass is 10.1. The van der Waals surface area contributed by atoms with Crippen LogP contribution >= 0.6 is 34.5 Å². The summed E-state index contributed by atoms with van der Waals surface area (Å²) in [6, 6.07) is 7.90. The second-order valence-corrected chi connectivity index (χ2v) is 5.54. The third kappa shape index (κ3) is 2.86. The molecule has 5 heteroatoms. The maximum atomic E-state index is 13.6. The number of thiophene rings is 1. The van der Waals surface area contributed by atoms with E-state index in [9.17, 15) is 9.18 Å². The zero-order valence-corrected chi connectivity index (χ0v) is 10.9. The Balaban J connectivity index is 2.21. The van der Waals surface area contributed by atoms with Crippen LogP contribution in [0.15, 0.2) is 30.3 Å². The van der Waals surface area contributed by atoms with Crippen molar-refractivity contribution in [2.24, 2.45) is 0 Å². The van der Waals surface area contributed by atoms with Crippen LogP contribution in [0.4, 0.5) is 4.39 Å². The average molecular weight is 289 g/mol. The Morgan fingerprint density at radius 2 is 2.00 bits per heavy atom. The molecule has 88 valence electrons. The molecule has 0 aliphatic heterocycles. The van der Waals surface area contributed by atoms with Crippen LogP contribution in [-0.4, -0.2) is 5.78 Å². The summed E-state index contributed by atoms with van der Waals surface area (Å²) in [7, 11) is 0. The Hall–Kier alpha value is -0.900. The number of Topliss-reactive ketones (excluding diaryl/α,β-unsaturated/α-hetero) is 1. The van der Waals surface area contributed by atoms with Crippen LogP contribution in [0, 0.1) is 5.82 Å². The van der Waals surface area contributed by atoms with Crippen molar-refractivity contribution in [3.8, 4) is 0 Å². The minimum Gasteiger partial charge on any atom is -0.293 e. The van der Waals surface area contributed by atoms with Gasteiger partial charge in [-0.3, -0.25) is 4.79 Å². The van der Waals surface area contributed by atoms with Crippen LogP contribution in [0.1, 0.15) is 15.2 Å². The Bertz CT molecular complexity index is 565. The molecule has 0 N–H and O–H groups in total. The lowest BCUT2D eigenvalue weighted by Gasteiger charge is -2.02. The molecule has 0 saturated heterocycles. The molecule has 0 radical (unpaired) electrons. The number of carbonyl (C=O) groups excluding carboxylic acids is 1. The van der Waals surface area contributed by atoms with Crippen molar-refractivity contribution in [3.05, 3.63) is 55.9 Å². The molecule has 0 amide bonds. The van der Waals surface area contributed by atoms with Gasteiger partial charge in [-0.05, 0) is 23.8 Å². The highest BCUT2D eigenvalue weighted by atomic mass is 35.5. The van der Waals surface area contributed by atoms with Crippen molar-refractivity contribution in [3.63, 3.8) is 0 Å². The number of benzene rings is 1. The number of halogens is 3. The highest BCUT2D eigenvalue weighted by Crippen LogP contribution is 2.24. The molecule has 1 nitrogen and oxygen atoms in total. The van der Waals surface area contributed by atoms with Crippen molar-refractivity contribution >= 4 is 40.3 Å². The summed E-state index contributed by atoms with van der Waals surface area (Å²) >= 11 is 12.6. The van der Waals surface area contributed by atoms with Crippen molar-refractivity contribution in [1.29, 1.82) is 0 Å². The van der Waals surface area contributed by atoms with Crippen LogP contribution in [-0.2, 0) is 6.42 Å². The van der Waals surface area contributed by atoms with E-state index in [-0.39, 0.29) is 17.2 Å². The minimum atomic E-state index is -0.537. The smallest absolute Gasteiger partial charge is 0.177 e. The first kappa shape index (κ1) is 12.6. The van der Waals surface area contributed by atoms with Gasteiger partial charge >= 0.3 is 0 Å². The van der Waals surface area contributed by atoms with Gasteiger partial charge in [0.25, 0.3) is 0 Å². The summed E-state index contributed by atoms with van der Waals surface area (Å²) in [6.07, 6.45) is -0.0107. The Labute approximate surface area is 112 Å². The standard InChI is InChI=1S/C12H7Cl2FOS/c13-8-3-1-2-7(12(8)15)6-9(16)10-4-5-11(14)17-10/h1-5H,6H2. The first-order chi connectivity index (χ1) is 8.08. The second kappa shape index (κ2) is 5.17. The van der Waals surface area contributed by atoms with Crippen LogP contribution in [0.2, 0.25) is 9.36 Å². The summed E-state index contributed by atoms with van der Waals surface area (Å²) in [5, 5.41) is 0.0273. The fraction of sp³-hybridized carbons (Fsp3) is 0.0833. The van der Waals surface area contributed by atoms with Crippen molar-refractivity contribution in [2.75, 3.05) is 0 Å². The van der Waals surface area contributed by atoms with Crippen LogP contribution in [0.3, 0.4) is 0 Å². The van der Waals surface area contributed by atoms with Gasteiger partial charge in [-0.15, -0.1) is 11.3 Å². The fourth-order valence-electron chi connectivity index (χ4n) is 1.41. The number of hydrogen-bond acceptors (Lipinski definition) is 2. The molecule has 0 aliphatic carbocycles. The summed E-state index contributed by atoms with van der Waals surface area (Å²) in [4.78, 5) is 12.4. The van der Waals surface area contributed by atoms with E-state index in [1.807, 2.05) is 0 Å². The molecule has 0 spiro atoms. The van der Waals surface area contributed by atoms with Crippen molar-refractivity contribution in [1.82, 2.24) is 0 Å². The molecule has 0 unspecified atom stereocenters. The number of ketones is 1. The van der Waals surface area contributed by atoms with E-state index in [1.54, 1.807) is 24.3 Å². The molecule has 17 heavy (non-hydrogen) atoms. The van der Waals surface area contributed by atoms with Crippen LogP contribution in [0.25, 0.3) is 0 Å². The van der Waals surface area contributed by atoms with E-state index < -0.39 is 5.82 Å². The summed E-state index contributed by atoms with van der Waals surface area (Å²) in [5.41, 5.74) is 0.298. The van der Waals surface area contributed by atoms with Crippen LogP contribution in [0.5, 0.6) is 0 Å². The zero-order chi connectivity index (χ0) is 12.4. The average Bonchev–Trinajstić information content (AvgIpc) is 2.72. The lowest BCUT2D eigenvalue weighted by molar-refractivity contribution is 0.0995. The molecule has 1 heterocycles. The number of hydrogen-bond donors (Lipinski definition) is 0. The summed E-state index contributed by atoms with van der Waals surface area (Å²) in [5.74, 6) is -0.701. The van der Waals surface area contributed by atoms with Gasteiger partial charge in [0, 0.05) is 6.42 Å². The Kier molecular flexibility index (Phi) is 3.82. The van der Waals surface area contributed by atoms with Crippen LogP contribution < -0.4 is 0 Å². The molecule has 1 aromatic heterocycles. The lowest BCUT2D eigenvalue weighted by Crippen LogP contribution is -2.03. The molecular weight excluding hydrogens is 282 g/mol. The Morgan fingerprint density at radius 1 is 1.24 bits per heavy atom. The first-order valence-corrected chi connectivity index (χ1v) is 6.36. The van der Waals surface area contributed by atoms with Gasteiger partial charge in [0.15, 0.2) is 5.78 Å². The highest BCUT2D eigenvalue weighted by Gasteiger charge is 2.13. The summed E-state index contributed by atoms with van der Waals surface area (Å²) < 4.78 is 14.1. The number of carbonyl (C=O) groups is 1. The quantitative estimate of drug-likeness (QED) is 0.753. The highest BCUT2D eigenvalue weighted by molar-refractivity contribution is 7.18. The van der Waals surface area contributed by atoms with E-state index in [1.165, 1.54) is 17.4 Å². The predicted octanol–water partition coefficient (Wildman–Crippen LogP) is 4.62. The van der Waals surface area contributed by atoms with Crippen molar-refractivity contribution < 1.29 is 9.18 Å². The summed E-state index contributed by atoms with van der Waals surface area (Å²) in [6.45, 7) is 0. The molecule has 0 bridgehead atoms. The van der Waals surface area contributed by atoms with E-state index in [0.717, 1.165) is 0 Å². The maximum absolute atomic E-state index is 13.6. The predicted molar refractivity (Wildman–Crippen MR) is 68.8 cm³/mol. The SMILES string of the molecule is O=C(Cc1cccc(Cl)c1F)c1ccc(Cl)s1. The molecule has 0 aliphatic rings. The second-order valence-electron chi connectivity index (χ2n) is 3.42. The first-order valence-electron chi connectivity index (χ1n) is 4.79. The normalized spacial score (nSPS) is 10.5. The van der Waals surface area contributed by atoms with Gasteiger partial charge in [0.1, 0.15) is 5.82 Å². The molecule has 1 aromatic carbocycles.